The van der Waals surface area contributed by atoms with E-state index in [0.717, 1.165) is 24.3 Å². The number of rotatable bonds is 17. The fourth-order valence-corrected chi connectivity index (χ4v) is 2.37. The van der Waals surface area contributed by atoms with Crippen molar-refractivity contribution < 1.29 is 46.0 Å². The van der Waals surface area contributed by atoms with Gasteiger partial charge < -0.3 is 14.2 Å². The highest BCUT2D eigenvalue weighted by molar-refractivity contribution is 7.75. The molecule has 0 fully saturated rings. The molecule has 30 heavy (non-hydrogen) atoms. The number of hydrogen-bond acceptors (Lipinski definition) is 10. The van der Waals surface area contributed by atoms with Crippen LogP contribution in [0.25, 0.3) is 0 Å². The van der Waals surface area contributed by atoms with Gasteiger partial charge in [0, 0.05) is 24.6 Å². The quantitative estimate of drug-likeness (QED) is 0.182. The highest BCUT2D eigenvalue weighted by Crippen LogP contribution is 2.10. The third kappa shape index (κ3) is 13.3. The van der Waals surface area contributed by atoms with Gasteiger partial charge in [-0.3, -0.25) is 13.2 Å². The summed E-state index contributed by atoms with van der Waals surface area (Å²) in [5.41, 5.74) is 0. The molecular formula is C19H24O10S. The fraction of sp³-hybridized carbons (Fsp3) is 0.368. The average molecular weight is 444 g/mol. The monoisotopic (exact) mass is 444 g/mol. The minimum Gasteiger partial charge on any atom is -0.460 e. The molecule has 0 amide bonds. The van der Waals surface area contributed by atoms with Crippen LogP contribution in [0.5, 0.6) is 0 Å². The van der Waals surface area contributed by atoms with Crippen LogP contribution in [-0.2, 0) is 53.1 Å². The first-order chi connectivity index (χ1) is 14.2. The second-order valence-electron chi connectivity index (χ2n) is 5.35. The highest BCUT2D eigenvalue weighted by atomic mass is 32.2. The van der Waals surface area contributed by atoms with E-state index in [1.807, 2.05) is 0 Å². The molecule has 0 radical (unpaired) electrons. The Morgan fingerprint density at radius 1 is 0.700 bits per heavy atom. The van der Waals surface area contributed by atoms with Crippen molar-refractivity contribution in [2.75, 3.05) is 19.8 Å². The van der Waals surface area contributed by atoms with E-state index >= 15 is 0 Å². The molecular weight excluding hydrogens is 420 g/mol. The standard InChI is InChI=1S/C19H24O10S/c1-5-14(20)9-10-15(11-25-17(21)6-2)28-30(24)29-16(12-26-18(22)7-3)13-27-19(23)8-4/h5-8,15-16H,1-4,9-13H2. The lowest BCUT2D eigenvalue weighted by Gasteiger charge is -2.19. The Balaban J connectivity index is 4.96. The smallest absolute Gasteiger partial charge is 0.330 e. The van der Waals surface area contributed by atoms with Crippen molar-refractivity contribution >= 4 is 35.1 Å². The van der Waals surface area contributed by atoms with E-state index < -0.39 is 54.7 Å². The van der Waals surface area contributed by atoms with Crippen molar-refractivity contribution in [3.05, 3.63) is 50.6 Å². The third-order valence-corrected chi connectivity index (χ3v) is 3.96. The van der Waals surface area contributed by atoms with Gasteiger partial charge in [0.15, 0.2) is 5.78 Å². The molecule has 0 rings (SSSR count). The summed E-state index contributed by atoms with van der Waals surface area (Å²) in [5, 5.41) is 0. The second-order valence-corrected chi connectivity index (χ2v) is 6.15. The Morgan fingerprint density at radius 2 is 1.10 bits per heavy atom. The lowest BCUT2D eigenvalue weighted by Crippen LogP contribution is -2.31. The number of esters is 3. The van der Waals surface area contributed by atoms with Crippen LogP contribution in [0.4, 0.5) is 0 Å². The van der Waals surface area contributed by atoms with Gasteiger partial charge in [-0.05, 0) is 12.5 Å². The van der Waals surface area contributed by atoms with Crippen LogP contribution in [0.3, 0.4) is 0 Å². The molecule has 0 bridgehead atoms. The van der Waals surface area contributed by atoms with Gasteiger partial charge in [-0.2, -0.15) is 4.21 Å². The number of ether oxygens (including phenoxy) is 3. The zero-order valence-electron chi connectivity index (χ0n) is 16.3. The minimum absolute atomic E-state index is 0.00562. The molecule has 0 aliphatic heterocycles. The Morgan fingerprint density at radius 3 is 1.50 bits per heavy atom. The lowest BCUT2D eigenvalue weighted by atomic mass is 10.1. The third-order valence-electron chi connectivity index (χ3n) is 3.10. The van der Waals surface area contributed by atoms with Crippen LogP contribution in [0.15, 0.2) is 50.6 Å². The molecule has 0 saturated carbocycles. The molecule has 0 spiro atoms. The van der Waals surface area contributed by atoms with E-state index in [4.69, 9.17) is 22.6 Å². The Hall–Kier alpha value is -2.89. The van der Waals surface area contributed by atoms with Gasteiger partial charge in [0.1, 0.15) is 32.0 Å². The van der Waals surface area contributed by atoms with Crippen LogP contribution in [0, 0.1) is 0 Å². The average Bonchev–Trinajstić information content (AvgIpc) is 2.75. The summed E-state index contributed by atoms with van der Waals surface area (Å²) in [7, 11) is 0. The van der Waals surface area contributed by atoms with Gasteiger partial charge in [-0.1, -0.05) is 26.3 Å². The van der Waals surface area contributed by atoms with E-state index in [0.29, 0.717) is 0 Å². The summed E-state index contributed by atoms with van der Waals surface area (Å²) in [6.07, 6.45) is 1.77. The van der Waals surface area contributed by atoms with Crippen molar-refractivity contribution in [1.29, 1.82) is 0 Å². The zero-order valence-corrected chi connectivity index (χ0v) is 17.1. The molecule has 166 valence electrons. The van der Waals surface area contributed by atoms with E-state index in [2.05, 4.69) is 26.3 Å². The summed E-state index contributed by atoms with van der Waals surface area (Å²) in [4.78, 5) is 45.1. The Labute approximate surface area is 177 Å². The number of allylic oxidation sites excluding steroid dienone is 1. The van der Waals surface area contributed by atoms with Crippen LogP contribution < -0.4 is 0 Å². The molecule has 0 aliphatic rings. The highest BCUT2D eigenvalue weighted by Gasteiger charge is 2.22. The maximum Gasteiger partial charge on any atom is 0.330 e. The summed E-state index contributed by atoms with van der Waals surface area (Å²) in [5.74, 6) is -2.59. The molecule has 0 aliphatic carbocycles. The molecule has 10 nitrogen and oxygen atoms in total. The number of carbonyl (C=O) groups is 4. The maximum atomic E-state index is 12.2. The first-order valence-electron chi connectivity index (χ1n) is 8.54. The second kappa shape index (κ2) is 16.0. The van der Waals surface area contributed by atoms with Crippen LogP contribution in [0.1, 0.15) is 12.8 Å². The molecule has 2 atom stereocenters. The van der Waals surface area contributed by atoms with E-state index in [9.17, 15) is 23.4 Å². The molecule has 2 unspecified atom stereocenters. The fourth-order valence-electron chi connectivity index (χ4n) is 1.62. The maximum absolute atomic E-state index is 12.2. The number of ketones is 1. The Bertz CT molecular complexity index is 581. The molecule has 0 heterocycles. The predicted molar refractivity (Wildman–Crippen MR) is 106 cm³/mol. The van der Waals surface area contributed by atoms with Gasteiger partial charge in [-0.25, -0.2) is 14.4 Å². The molecule has 0 N–H and O–H groups in total. The zero-order chi connectivity index (χ0) is 22.9. The van der Waals surface area contributed by atoms with E-state index in [-0.39, 0.29) is 25.2 Å². The van der Waals surface area contributed by atoms with Crippen molar-refractivity contribution in [1.82, 2.24) is 0 Å². The van der Waals surface area contributed by atoms with Gasteiger partial charge in [0.05, 0.1) is 0 Å². The topological polar surface area (TPSA) is 132 Å². The van der Waals surface area contributed by atoms with Gasteiger partial charge in [-0.15, -0.1) is 0 Å². The minimum atomic E-state index is -2.44. The van der Waals surface area contributed by atoms with E-state index in [1.54, 1.807) is 0 Å². The molecule has 0 aromatic heterocycles. The van der Waals surface area contributed by atoms with E-state index in [1.165, 1.54) is 0 Å². The van der Waals surface area contributed by atoms with Crippen LogP contribution >= 0.6 is 0 Å². The largest absolute Gasteiger partial charge is 0.460 e. The summed E-state index contributed by atoms with van der Waals surface area (Å²) < 4.78 is 36.9. The molecule has 0 aromatic carbocycles. The Kier molecular flexibility index (Phi) is 14.4. The predicted octanol–water partition coefficient (Wildman–Crippen LogP) is 1.06. The first-order valence-corrected chi connectivity index (χ1v) is 9.54. The SMILES string of the molecule is C=CC(=O)CCC(COC(=O)C=C)OS(=O)OC(COC(=O)C=C)COC(=O)C=C. The number of hydrogen-bond donors (Lipinski definition) is 0. The summed E-state index contributed by atoms with van der Waals surface area (Å²) in [6, 6.07) is 0. The van der Waals surface area contributed by atoms with Crippen molar-refractivity contribution in [2.45, 2.75) is 25.0 Å². The lowest BCUT2D eigenvalue weighted by molar-refractivity contribution is -0.145. The first kappa shape index (κ1) is 27.1. The van der Waals surface area contributed by atoms with Crippen molar-refractivity contribution in [3.8, 4) is 0 Å². The van der Waals surface area contributed by atoms with Gasteiger partial charge >= 0.3 is 29.3 Å². The van der Waals surface area contributed by atoms with Crippen molar-refractivity contribution in [3.63, 3.8) is 0 Å². The molecule has 11 heteroatoms. The van der Waals surface area contributed by atoms with Crippen molar-refractivity contribution in [2.24, 2.45) is 0 Å². The summed E-state index contributed by atoms with van der Waals surface area (Å²) >= 11 is -2.44. The summed E-state index contributed by atoms with van der Waals surface area (Å²) in [6.45, 7) is 11.9. The molecule has 0 saturated heterocycles. The molecule has 0 aromatic rings. The van der Waals surface area contributed by atoms with Gasteiger partial charge in [0.25, 0.3) is 0 Å². The number of carbonyl (C=O) groups excluding carboxylic acids is 4. The van der Waals surface area contributed by atoms with Gasteiger partial charge in [0.2, 0.25) is 0 Å². The van der Waals surface area contributed by atoms with Crippen LogP contribution in [-0.4, -0.2) is 59.9 Å². The normalized spacial score (nSPS) is 12.2. The van der Waals surface area contributed by atoms with Crippen LogP contribution in [0.2, 0.25) is 0 Å².